The van der Waals surface area contributed by atoms with Crippen LogP contribution < -0.4 is 5.32 Å². The summed E-state index contributed by atoms with van der Waals surface area (Å²) in [5.41, 5.74) is 2.11. The van der Waals surface area contributed by atoms with Crippen molar-refractivity contribution in [3.05, 3.63) is 59.5 Å². The van der Waals surface area contributed by atoms with Gasteiger partial charge in [0.05, 0.1) is 12.5 Å². The second kappa shape index (κ2) is 5.59. The average molecular weight is 237 g/mol. The lowest BCUT2D eigenvalue weighted by molar-refractivity contribution is 0.151. The fourth-order valence-electron chi connectivity index (χ4n) is 1.53. The minimum Gasteiger partial charge on any atom is -0.472 e. The van der Waals surface area contributed by atoms with E-state index in [4.69, 9.17) is 4.42 Å². The van der Waals surface area contributed by atoms with Gasteiger partial charge >= 0.3 is 0 Å². The maximum atomic E-state index is 12.3. The topological polar surface area (TPSA) is 25.2 Å². The Morgan fingerprint density at radius 2 is 1.71 bits per heavy atom. The Balaban J connectivity index is 1.83. The van der Waals surface area contributed by atoms with Crippen LogP contribution in [0.1, 0.15) is 23.1 Å². The quantitative estimate of drug-likeness (QED) is 0.860. The van der Waals surface area contributed by atoms with Crippen LogP contribution in [-0.4, -0.2) is 0 Å². The molecule has 4 heteroatoms. The molecule has 2 aromatic rings. The summed E-state index contributed by atoms with van der Waals surface area (Å²) in [7, 11) is 0. The van der Waals surface area contributed by atoms with Gasteiger partial charge in [-0.15, -0.1) is 0 Å². The molecule has 1 aromatic carbocycles. The standard InChI is InChI=1S/C13H13F2NO/c14-13(15)12-3-1-10(2-4-12)7-16-8-11-5-6-17-9-11/h1-6,9,13,16H,7-8H2. The highest BCUT2D eigenvalue weighted by molar-refractivity contribution is 5.23. The Hall–Kier alpha value is -1.68. The molecule has 1 N–H and O–H groups in total. The second-order valence-corrected chi connectivity index (χ2v) is 3.78. The second-order valence-electron chi connectivity index (χ2n) is 3.78. The van der Waals surface area contributed by atoms with Crippen LogP contribution in [0.2, 0.25) is 0 Å². The molecule has 2 nitrogen and oxygen atoms in total. The third-order valence-corrected chi connectivity index (χ3v) is 2.47. The van der Waals surface area contributed by atoms with E-state index in [1.165, 1.54) is 12.1 Å². The van der Waals surface area contributed by atoms with Crippen molar-refractivity contribution in [3.63, 3.8) is 0 Å². The number of alkyl halides is 2. The van der Waals surface area contributed by atoms with E-state index < -0.39 is 6.43 Å². The Morgan fingerprint density at radius 1 is 1.00 bits per heavy atom. The molecular formula is C13H13F2NO. The first-order chi connectivity index (χ1) is 8.25. The van der Waals surface area contributed by atoms with Crippen molar-refractivity contribution in [3.8, 4) is 0 Å². The number of hydrogen-bond acceptors (Lipinski definition) is 2. The van der Waals surface area contributed by atoms with Gasteiger partial charge in [0.25, 0.3) is 6.43 Å². The maximum absolute atomic E-state index is 12.3. The van der Waals surface area contributed by atoms with Crippen molar-refractivity contribution in [1.29, 1.82) is 0 Å². The minimum absolute atomic E-state index is 0.0589. The molecule has 0 fully saturated rings. The maximum Gasteiger partial charge on any atom is 0.263 e. The molecule has 0 radical (unpaired) electrons. The molecule has 1 aromatic heterocycles. The molecule has 90 valence electrons. The van der Waals surface area contributed by atoms with Crippen molar-refractivity contribution < 1.29 is 13.2 Å². The van der Waals surface area contributed by atoms with Crippen molar-refractivity contribution >= 4 is 0 Å². The van der Waals surface area contributed by atoms with Gasteiger partial charge in [0.2, 0.25) is 0 Å². The number of halogens is 2. The first-order valence-electron chi connectivity index (χ1n) is 5.34. The van der Waals surface area contributed by atoms with E-state index in [-0.39, 0.29) is 5.56 Å². The molecule has 0 unspecified atom stereocenters. The fraction of sp³-hybridized carbons (Fsp3) is 0.231. The van der Waals surface area contributed by atoms with Crippen molar-refractivity contribution in [2.75, 3.05) is 0 Å². The van der Waals surface area contributed by atoms with E-state index in [9.17, 15) is 8.78 Å². The monoisotopic (exact) mass is 237 g/mol. The Kier molecular flexibility index (Phi) is 3.88. The summed E-state index contributed by atoms with van der Waals surface area (Å²) in [5, 5.41) is 3.21. The van der Waals surface area contributed by atoms with Crippen LogP contribution >= 0.6 is 0 Å². The first kappa shape index (κ1) is 11.8. The van der Waals surface area contributed by atoms with E-state index in [0.717, 1.165) is 11.1 Å². The van der Waals surface area contributed by atoms with Gasteiger partial charge in [-0.2, -0.15) is 0 Å². The van der Waals surface area contributed by atoms with E-state index >= 15 is 0 Å². The molecule has 1 heterocycles. The van der Waals surface area contributed by atoms with Gasteiger partial charge < -0.3 is 9.73 Å². The van der Waals surface area contributed by atoms with Crippen molar-refractivity contribution in [2.24, 2.45) is 0 Å². The third-order valence-electron chi connectivity index (χ3n) is 2.47. The highest BCUT2D eigenvalue weighted by Crippen LogP contribution is 2.18. The summed E-state index contributed by atoms with van der Waals surface area (Å²) >= 11 is 0. The zero-order valence-corrected chi connectivity index (χ0v) is 9.20. The highest BCUT2D eigenvalue weighted by atomic mass is 19.3. The summed E-state index contributed by atoms with van der Waals surface area (Å²) in [6.45, 7) is 1.35. The molecule has 17 heavy (non-hydrogen) atoms. The number of nitrogens with one attached hydrogen (secondary N) is 1. The van der Waals surface area contributed by atoms with Crippen molar-refractivity contribution in [1.82, 2.24) is 5.32 Å². The molecule has 0 atom stereocenters. The van der Waals surface area contributed by atoms with Crippen molar-refractivity contribution in [2.45, 2.75) is 19.5 Å². The predicted molar refractivity (Wildman–Crippen MR) is 60.7 cm³/mol. The van der Waals surface area contributed by atoms with Crippen LogP contribution in [-0.2, 0) is 13.1 Å². The van der Waals surface area contributed by atoms with Crippen LogP contribution in [0.25, 0.3) is 0 Å². The van der Waals surface area contributed by atoms with E-state index in [1.807, 2.05) is 6.07 Å². The largest absolute Gasteiger partial charge is 0.472 e. The van der Waals surface area contributed by atoms with Crippen LogP contribution in [0.15, 0.2) is 47.3 Å². The summed E-state index contributed by atoms with van der Waals surface area (Å²) in [4.78, 5) is 0. The van der Waals surface area contributed by atoms with Crippen LogP contribution in [0.4, 0.5) is 8.78 Å². The molecule has 0 aliphatic carbocycles. The Morgan fingerprint density at radius 3 is 2.29 bits per heavy atom. The van der Waals surface area contributed by atoms with E-state index in [0.29, 0.717) is 13.1 Å². The highest BCUT2D eigenvalue weighted by Gasteiger charge is 2.05. The lowest BCUT2D eigenvalue weighted by Gasteiger charge is -2.04. The number of furan rings is 1. The molecule has 0 saturated carbocycles. The lowest BCUT2D eigenvalue weighted by Crippen LogP contribution is -2.12. The molecule has 0 saturated heterocycles. The summed E-state index contributed by atoms with van der Waals surface area (Å²) in [5.74, 6) is 0. The van der Waals surface area contributed by atoms with Gasteiger partial charge in [0.15, 0.2) is 0 Å². The zero-order chi connectivity index (χ0) is 12.1. The van der Waals surface area contributed by atoms with Gasteiger partial charge in [0, 0.05) is 24.2 Å². The third kappa shape index (κ3) is 3.39. The average Bonchev–Trinajstić information content (AvgIpc) is 2.83. The lowest BCUT2D eigenvalue weighted by atomic mass is 10.1. The molecule has 0 amide bonds. The first-order valence-corrected chi connectivity index (χ1v) is 5.34. The van der Waals surface area contributed by atoms with Gasteiger partial charge in [-0.1, -0.05) is 24.3 Å². The summed E-state index contributed by atoms with van der Waals surface area (Å²) in [6, 6.07) is 8.22. The minimum atomic E-state index is -2.40. The molecule has 0 bridgehead atoms. The van der Waals surface area contributed by atoms with Gasteiger partial charge in [-0.05, 0) is 11.6 Å². The van der Waals surface area contributed by atoms with Gasteiger partial charge in [0.1, 0.15) is 0 Å². The van der Waals surface area contributed by atoms with Gasteiger partial charge in [-0.3, -0.25) is 0 Å². The molecule has 2 rings (SSSR count). The summed E-state index contributed by atoms with van der Waals surface area (Å²) in [6.07, 6.45) is 0.893. The SMILES string of the molecule is FC(F)c1ccc(CNCc2ccoc2)cc1. The van der Waals surface area contributed by atoms with E-state index in [2.05, 4.69) is 5.32 Å². The Bertz CT molecular complexity index is 437. The number of benzene rings is 1. The smallest absolute Gasteiger partial charge is 0.263 e. The number of hydrogen-bond donors (Lipinski definition) is 1. The molecule has 0 spiro atoms. The van der Waals surface area contributed by atoms with E-state index in [1.54, 1.807) is 24.7 Å². The molecular weight excluding hydrogens is 224 g/mol. The normalized spacial score (nSPS) is 11.0. The molecule has 0 aliphatic heterocycles. The summed E-state index contributed by atoms with van der Waals surface area (Å²) < 4.78 is 29.6. The Labute approximate surface area is 98.3 Å². The van der Waals surface area contributed by atoms with Crippen LogP contribution in [0.5, 0.6) is 0 Å². The van der Waals surface area contributed by atoms with Crippen LogP contribution in [0.3, 0.4) is 0 Å². The zero-order valence-electron chi connectivity index (χ0n) is 9.20. The number of rotatable bonds is 5. The van der Waals surface area contributed by atoms with Gasteiger partial charge in [-0.25, -0.2) is 8.78 Å². The van der Waals surface area contributed by atoms with Crippen LogP contribution in [0, 0.1) is 0 Å². The fourth-order valence-corrected chi connectivity index (χ4v) is 1.53. The predicted octanol–water partition coefficient (Wildman–Crippen LogP) is 3.51. The molecule has 0 aliphatic rings.